The van der Waals surface area contributed by atoms with Gasteiger partial charge in [-0.3, -0.25) is 4.79 Å². The molecule has 1 aromatic rings. The molecule has 17 heavy (non-hydrogen) atoms. The van der Waals surface area contributed by atoms with E-state index < -0.39 is 0 Å². The molecular formula is C11H16BrN3OS. The molecule has 0 aliphatic heterocycles. The second kappa shape index (κ2) is 6.86. The molecule has 0 aromatic carbocycles. The zero-order valence-electron chi connectivity index (χ0n) is 9.94. The Hall–Kier alpha value is -0.750. The fraction of sp³-hybridized carbons (Fsp3) is 0.455. The monoisotopic (exact) mass is 317 g/mol. The van der Waals surface area contributed by atoms with Crippen molar-refractivity contribution in [2.24, 2.45) is 0 Å². The minimum atomic E-state index is -0.147. The Bertz CT molecular complexity index is 447. The van der Waals surface area contributed by atoms with Crippen LogP contribution in [0.3, 0.4) is 0 Å². The highest BCUT2D eigenvalue weighted by Crippen LogP contribution is 2.17. The number of nitrogens with one attached hydrogen (secondary N) is 1. The summed E-state index contributed by atoms with van der Waals surface area (Å²) in [5.41, 5.74) is 0.586. The van der Waals surface area contributed by atoms with Gasteiger partial charge in [-0.25, -0.2) is 4.68 Å². The Morgan fingerprint density at radius 2 is 2.47 bits per heavy atom. The van der Waals surface area contributed by atoms with E-state index in [1.54, 1.807) is 24.0 Å². The molecule has 1 atom stereocenters. The summed E-state index contributed by atoms with van der Waals surface area (Å²) in [6.45, 7) is 6.07. The molecule has 0 saturated heterocycles. The molecule has 0 aliphatic carbocycles. The molecule has 1 aromatic heterocycles. The van der Waals surface area contributed by atoms with Gasteiger partial charge in [0, 0.05) is 11.8 Å². The smallest absolute Gasteiger partial charge is 0.283 e. The number of anilines is 1. The summed E-state index contributed by atoms with van der Waals surface area (Å²) >= 11 is 5.06. The molecule has 1 N–H and O–H groups in total. The summed E-state index contributed by atoms with van der Waals surface area (Å²) in [5, 5.41) is 7.33. The molecule has 0 aliphatic rings. The van der Waals surface area contributed by atoms with E-state index in [1.807, 2.05) is 6.26 Å². The van der Waals surface area contributed by atoms with E-state index in [9.17, 15) is 4.79 Å². The van der Waals surface area contributed by atoms with Gasteiger partial charge in [0.1, 0.15) is 4.47 Å². The van der Waals surface area contributed by atoms with E-state index in [1.165, 1.54) is 4.68 Å². The van der Waals surface area contributed by atoms with Gasteiger partial charge in [-0.15, -0.1) is 6.58 Å². The summed E-state index contributed by atoms with van der Waals surface area (Å²) in [4.78, 5) is 11.9. The highest BCUT2D eigenvalue weighted by atomic mass is 79.9. The first-order chi connectivity index (χ1) is 8.10. The van der Waals surface area contributed by atoms with Gasteiger partial charge in [-0.1, -0.05) is 6.08 Å². The van der Waals surface area contributed by atoms with E-state index in [0.717, 1.165) is 11.4 Å². The number of thioether (sulfide) groups is 1. The summed E-state index contributed by atoms with van der Waals surface area (Å²) in [6.07, 6.45) is 5.35. The maximum atomic E-state index is 11.9. The standard InChI is InChI=1S/C11H16BrN3OS/c1-4-5-15-11(16)10(12)9(6-13-15)14-8(2)7-17-3/h4,6,8,14H,1,5,7H2,2-3H3. The zero-order valence-corrected chi connectivity index (χ0v) is 12.3. The van der Waals surface area contributed by atoms with Crippen LogP contribution in [0.25, 0.3) is 0 Å². The molecule has 0 spiro atoms. The molecule has 0 fully saturated rings. The van der Waals surface area contributed by atoms with Crippen molar-refractivity contribution in [2.75, 3.05) is 17.3 Å². The van der Waals surface area contributed by atoms with E-state index in [4.69, 9.17) is 0 Å². The van der Waals surface area contributed by atoms with Gasteiger partial charge in [-0.2, -0.15) is 16.9 Å². The van der Waals surface area contributed by atoms with Crippen LogP contribution >= 0.6 is 27.7 Å². The third-order valence-corrected chi connectivity index (χ3v) is 3.71. The first-order valence-corrected chi connectivity index (χ1v) is 7.40. The molecule has 1 unspecified atom stereocenters. The Kier molecular flexibility index (Phi) is 5.77. The highest BCUT2D eigenvalue weighted by Gasteiger charge is 2.10. The van der Waals surface area contributed by atoms with Crippen LogP contribution in [0.1, 0.15) is 6.92 Å². The number of hydrogen-bond donors (Lipinski definition) is 1. The van der Waals surface area contributed by atoms with Crippen molar-refractivity contribution in [3.63, 3.8) is 0 Å². The van der Waals surface area contributed by atoms with Crippen molar-refractivity contribution < 1.29 is 0 Å². The molecule has 1 heterocycles. The third kappa shape index (κ3) is 3.89. The quantitative estimate of drug-likeness (QED) is 0.818. The zero-order chi connectivity index (χ0) is 12.8. The van der Waals surface area contributed by atoms with Crippen LogP contribution in [0.15, 0.2) is 28.1 Å². The summed E-state index contributed by atoms with van der Waals surface area (Å²) < 4.78 is 1.88. The molecule has 0 amide bonds. The predicted molar refractivity (Wildman–Crippen MR) is 77.9 cm³/mol. The van der Waals surface area contributed by atoms with Gasteiger partial charge in [-0.05, 0) is 29.1 Å². The number of aromatic nitrogens is 2. The maximum Gasteiger partial charge on any atom is 0.283 e. The molecule has 6 heteroatoms. The molecule has 0 radical (unpaired) electrons. The second-order valence-corrected chi connectivity index (χ2v) is 5.35. The van der Waals surface area contributed by atoms with E-state index in [0.29, 0.717) is 11.0 Å². The van der Waals surface area contributed by atoms with E-state index in [2.05, 4.69) is 39.8 Å². The van der Waals surface area contributed by atoms with Crippen LogP contribution in [0.4, 0.5) is 5.69 Å². The molecule has 0 bridgehead atoms. The minimum absolute atomic E-state index is 0.147. The van der Waals surface area contributed by atoms with Crippen LogP contribution in [-0.2, 0) is 6.54 Å². The Balaban J connectivity index is 2.92. The minimum Gasteiger partial charge on any atom is -0.379 e. The fourth-order valence-electron chi connectivity index (χ4n) is 1.38. The second-order valence-electron chi connectivity index (χ2n) is 3.65. The fourth-order valence-corrected chi connectivity index (χ4v) is 2.38. The first kappa shape index (κ1) is 14.3. The lowest BCUT2D eigenvalue weighted by atomic mass is 10.3. The number of allylic oxidation sites excluding steroid dienone is 1. The average molecular weight is 318 g/mol. The molecular weight excluding hydrogens is 302 g/mol. The van der Waals surface area contributed by atoms with E-state index in [-0.39, 0.29) is 11.6 Å². The summed E-state index contributed by atoms with van der Waals surface area (Å²) in [6, 6.07) is 0.290. The largest absolute Gasteiger partial charge is 0.379 e. The van der Waals surface area contributed by atoms with E-state index >= 15 is 0 Å². The molecule has 1 rings (SSSR count). The Morgan fingerprint density at radius 1 is 1.76 bits per heavy atom. The Morgan fingerprint density at radius 3 is 3.06 bits per heavy atom. The predicted octanol–water partition coefficient (Wildman–Crippen LogP) is 2.36. The van der Waals surface area contributed by atoms with Crippen LogP contribution in [-0.4, -0.2) is 27.8 Å². The van der Waals surface area contributed by atoms with Crippen molar-refractivity contribution in [3.05, 3.63) is 33.7 Å². The Labute approximate surface area is 114 Å². The molecule has 0 saturated carbocycles. The van der Waals surface area contributed by atoms with Crippen LogP contribution < -0.4 is 10.9 Å². The van der Waals surface area contributed by atoms with Crippen molar-refractivity contribution in [2.45, 2.75) is 19.5 Å². The lowest BCUT2D eigenvalue weighted by Crippen LogP contribution is -2.26. The van der Waals surface area contributed by atoms with Crippen LogP contribution in [0.5, 0.6) is 0 Å². The van der Waals surface area contributed by atoms with Crippen molar-refractivity contribution >= 4 is 33.4 Å². The van der Waals surface area contributed by atoms with Crippen molar-refractivity contribution in [3.8, 4) is 0 Å². The van der Waals surface area contributed by atoms with Gasteiger partial charge in [0.25, 0.3) is 5.56 Å². The average Bonchev–Trinajstić information content (AvgIpc) is 2.29. The van der Waals surface area contributed by atoms with Gasteiger partial charge >= 0.3 is 0 Å². The lowest BCUT2D eigenvalue weighted by molar-refractivity contribution is 0.648. The molecule has 4 nitrogen and oxygen atoms in total. The van der Waals surface area contributed by atoms with Gasteiger partial charge in [0.2, 0.25) is 0 Å². The van der Waals surface area contributed by atoms with Crippen LogP contribution in [0, 0.1) is 0 Å². The SMILES string of the molecule is C=CCn1ncc(NC(C)CSC)c(Br)c1=O. The normalized spacial score (nSPS) is 12.2. The lowest BCUT2D eigenvalue weighted by Gasteiger charge is -2.15. The number of nitrogens with zero attached hydrogens (tertiary/aromatic N) is 2. The van der Waals surface area contributed by atoms with Crippen molar-refractivity contribution in [1.29, 1.82) is 0 Å². The number of hydrogen-bond acceptors (Lipinski definition) is 4. The third-order valence-electron chi connectivity index (χ3n) is 2.11. The maximum absolute atomic E-state index is 11.9. The van der Waals surface area contributed by atoms with Crippen molar-refractivity contribution in [1.82, 2.24) is 9.78 Å². The summed E-state index contributed by atoms with van der Waals surface area (Å²) in [7, 11) is 0. The van der Waals surface area contributed by atoms with Gasteiger partial charge < -0.3 is 5.32 Å². The number of rotatable bonds is 6. The van der Waals surface area contributed by atoms with Gasteiger partial charge in [0.05, 0.1) is 18.4 Å². The number of halogens is 1. The highest BCUT2D eigenvalue weighted by molar-refractivity contribution is 9.10. The molecule has 94 valence electrons. The van der Waals surface area contributed by atoms with Crippen LogP contribution in [0.2, 0.25) is 0 Å². The topological polar surface area (TPSA) is 46.9 Å². The first-order valence-electron chi connectivity index (χ1n) is 5.22. The van der Waals surface area contributed by atoms with Gasteiger partial charge in [0.15, 0.2) is 0 Å². The summed E-state index contributed by atoms with van der Waals surface area (Å²) in [5.74, 6) is 0.974.